The number of allylic oxidation sites excluding steroid dienone is 1. The van der Waals surface area contributed by atoms with Crippen LogP contribution in [-0.2, 0) is 6.61 Å². The molecule has 0 bridgehead atoms. The third-order valence-corrected chi connectivity index (χ3v) is 4.99. The van der Waals surface area contributed by atoms with Crippen LogP contribution in [0.25, 0.3) is 22.7 Å². The van der Waals surface area contributed by atoms with Crippen molar-refractivity contribution in [1.82, 2.24) is 9.97 Å². The summed E-state index contributed by atoms with van der Waals surface area (Å²) in [5.41, 5.74) is 2.89. The zero-order valence-electron chi connectivity index (χ0n) is 15.5. The molecule has 0 fully saturated rings. The number of fused-ring (bicyclic) bond motifs is 1. The number of nitrogens with one attached hydrogen (secondary N) is 1. The molecule has 0 aliphatic heterocycles. The third-order valence-electron chi connectivity index (χ3n) is 4.37. The summed E-state index contributed by atoms with van der Waals surface area (Å²) in [7, 11) is 0. The van der Waals surface area contributed by atoms with Gasteiger partial charge in [0.05, 0.1) is 21.1 Å². The van der Waals surface area contributed by atoms with E-state index in [1.807, 2.05) is 0 Å². The van der Waals surface area contributed by atoms with Crippen LogP contribution in [-0.4, -0.2) is 9.97 Å². The summed E-state index contributed by atoms with van der Waals surface area (Å²) in [6.07, 6.45) is 1.68. The first kappa shape index (κ1) is 19.8. The van der Waals surface area contributed by atoms with Crippen LogP contribution in [0.3, 0.4) is 0 Å². The Labute approximate surface area is 179 Å². The lowest BCUT2D eigenvalue weighted by molar-refractivity contribution is 0.303. The van der Waals surface area contributed by atoms with Crippen molar-refractivity contribution in [2.24, 2.45) is 0 Å². The van der Waals surface area contributed by atoms with Gasteiger partial charge in [-0.1, -0.05) is 18.2 Å². The van der Waals surface area contributed by atoms with Gasteiger partial charge in [0, 0.05) is 0 Å². The molecule has 0 unspecified atom stereocenters. The molecule has 0 atom stereocenters. The van der Waals surface area contributed by atoms with Crippen molar-refractivity contribution < 1.29 is 13.5 Å². The Morgan fingerprint density at radius 1 is 1.10 bits per heavy atom. The zero-order chi connectivity index (χ0) is 21.1. The predicted molar refractivity (Wildman–Crippen MR) is 114 cm³/mol. The maximum absolute atomic E-state index is 13.4. The monoisotopic (exact) mass is 465 g/mol. The van der Waals surface area contributed by atoms with E-state index in [1.54, 1.807) is 42.5 Å². The van der Waals surface area contributed by atoms with Gasteiger partial charge >= 0.3 is 0 Å². The average Bonchev–Trinajstić information content (AvgIpc) is 3.14. The molecule has 4 aromatic rings. The first-order valence-corrected chi connectivity index (χ1v) is 9.75. The molecule has 0 saturated carbocycles. The van der Waals surface area contributed by atoms with Crippen LogP contribution < -0.4 is 4.74 Å². The second kappa shape index (κ2) is 8.47. The molecule has 1 aromatic heterocycles. The molecule has 0 aliphatic rings. The topological polar surface area (TPSA) is 61.7 Å². The highest BCUT2D eigenvalue weighted by Crippen LogP contribution is 2.29. The third kappa shape index (κ3) is 4.39. The molecule has 0 amide bonds. The largest absolute Gasteiger partial charge is 0.488 e. The summed E-state index contributed by atoms with van der Waals surface area (Å²) >= 11 is 3.46. The van der Waals surface area contributed by atoms with E-state index < -0.39 is 0 Å². The van der Waals surface area contributed by atoms with Crippen LogP contribution in [0, 0.1) is 23.0 Å². The molecule has 1 N–H and O–H groups in total. The summed E-state index contributed by atoms with van der Waals surface area (Å²) in [6.45, 7) is 0.227. The summed E-state index contributed by atoms with van der Waals surface area (Å²) in [5, 5.41) is 9.56. The van der Waals surface area contributed by atoms with Crippen LogP contribution in [0.2, 0.25) is 0 Å². The van der Waals surface area contributed by atoms with Gasteiger partial charge in [-0.3, -0.25) is 0 Å². The number of nitriles is 1. The Hall–Kier alpha value is -3.50. The number of aromatic nitrogens is 2. The lowest BCUT2D eigenvalue weighted by Crippen LogP contribution is -1.96. The van der Waals surface area contributed by atoms with E-state index in [1.165, 1.54) is 24.3 Å². The van der Waals surface area contributed by atoms with E-state index in [9.17, 15) is 14.0 Å². The highest BCUT2D eigenvalue weighted by Gasteiger charge is 2.10. The molecule has 30 heavy (non-hydrogen) atoms. The minimum atomic E-state index is -0.377. The van der Waals surface area contributed by atoms with Crippen molar-refractivity contribution in [2.75, 3.05) is 0 Å². The summed E-state index contributed by atoms with van der Waals surface area (Å²) < 4.78 is 33.1. The van der Waals surface area contributed by atoms with E-state index in [0.29, 0.717) is 32.7 Å². The fourth-order valence-electron chi connectivity index (χ4n) is 2.94. The first-order chi connectivity index (χ1) is 14.5. The number of imidazole rings is 1. The number of nitrogens with zero attached hydrogens (tertiary/aromatic N) is 2. The number of H-pyrrole nitrogens is 1. The molecule has 0 radical (unpaired) electrons. The van der Waals surface area contributed by atoms with Gasteiger partial charge in [0.2, 0.25) is 0 Å². The van der Waals surface area contributed by atoms with Crippen LogP contribution >= 0.6 is 15.9 Å². The smallest absolute Gasteiger partial charge is 0.149 e. The molecule has 3 aromatic carbocycles. The summed E-state index contributed by atoms with van der Waals surface area (Å²) in [4.78, 5) is 7.32. The van der Waals surface area contributed by atoms with Crippen molar-refractivity contribution in [3.05, 3.63) is 93.7 Å². The molecule has 0 saturated heterocycles. The van der Waals surface area contributed by atoms with E-state index in [4.69, 9.17) is 4.74 Å². The fraction of sp³-hybridized carbons (Fsp3) is 0.0435. The Bertz CT molecular complexity index is 1310. The van der Waals surface area contributed by atoms with E-state index in [-0.39, 0.29) is 18.2 Å². The van der Waals surface area contributed by atoms with Gasteiger partial charge in [-0.2, -0.15) is 5.26 Å². The van der Waals surface area contributed by atoms with Gasteiger partial charge in [-0.25, -0.2) is 13.8 Å². The molecule has 4 rings (SSSR count). The molecule has 0 aliphatic carbocycles. The molecule has 0 spiro atoms. The minimum Gasteiger partial charge on any atom is -0.488 e. The first-order valence-electron chi connectivity index (χ1n) is 8.96. The average molecular weight is 466 g/mol. The van der Waals surface area contributed by atoms with E-state index in [0.717, 1.165) is 11.1 Å². The van der Waals surface area contributed by atoms with Gasteiger partial charge in [-0.15, -0.1) is 0 Å². The molecule has 148 valence electrons. The van der Waals surface area contributed by atoms with Gasteiger partial charge < -0.3 is 9.72 Å². The highest BCUT2D eigenvalue weighted by atomic mass is 79.9. The summed E-state index contributed by atoms with van der Waals surface area (Å²) in [5.74, 6) is 0.265. The normalized spacial score (nSPS) is 11.5. The number of halogens is 3. The van der Waals surface area contributed by atoms with Crippen molar-refractivity contribution >= 4 is 38.6 Å². The summed E-state index contributed by atoms with van der Waals surface area (Å²) in [6, 6.07) is 17.9. The van der Waals surface area contributed by atoms with Crippen molar-refractivity contribution in [1.29, 1.82) is 5.26 Å². The van der Waals surface area contributed by atoms with Gasteiger partial charge in [0.15, 0.2) is 0 Å². The lowest BCUT2D eigenvalue weighted by Gasteiger charge is -2.09. The molecule has 7 heteroatoms. The van der Waals surface area contributed by atoms with Crippen LogP contribution in [0.4, 0.5) is 8.78 Å². The molecular weight excluding hydrogens is 452 g/mol. The standard InChI is InChI=1S/C23H14BrF2N3O/c24-19-10-14(4-7-22(19)30-13-15-2-1-3-17(25)9-15)8-16(12-27)23-28-20-6-5-18(26)11-21(20)29-23/h1-11H,13H2,(H,28,29)/b16-8-. The van der Waals surface area contributed by atoms with Gasteiger partial charge in [-0.05, 0) is 75.6 Å². The molecular formula is C23H14BrF2N3O. The minimum absolute atomic E-state index is 0.227. The Morgan fingerprint density at radius 2 is 1.93 bits per heavy atom. The van der Waals surface area contributed by atoms with Gasteiger partial charge in [0.25, 0.3) is 0 Å². The van der Waals surface area contributed by atoms with Gasteiger partial charge in [0.1, 0.15) is 35.9 Å². The molecule has 1 heterocycles. The Morgan fingerprint density at radius 3 is 2.70 bits per heavy atom. The lowest BCUT2D eigenvalue weighted by atomic mass is 10.1. The van der Waals surface area contributed by atoms with Crippen LogP contribution in [0.1, 0.15) is 17.0 Å². The number of hydrogen-bond acceptors (Lipinski definition) is 3. The predicted octanol–water partition coefficient (Wildman–Crippen LogP) is 6.25. The SMILES string of the molecule is N#C/C(=C/c1ccc(OCc2cccc(F)c2)c(Br)c1)c1nc2ccc(F)cc2[nH]1. The van der Waals surface area contributed by atoms with E-state index in [2.05, 4.69) is 32.0 Å². The van der Waals surface area contributed by atoms with Crippen molar-refractivity contribution in [2.45, 2.75) is 6.61 Å². The zero-order valence-corrected chi connectivity index (χ0v) is 17.1. The molecule has 4 nitrogen and oxygen atoms in total. The highest BCUT2D eigenvalue weighted by molar-refractivity contribution is 9.10. The van der Waals surface area contributed by atoms with E-state index >= 15 is 0 Å². The number of benzene rings is 3. The second-order valence-electron chi connectivity index (χ2n) is 6.53. The maximum atomic E-state index is 13.4. The van der Waals surface area contributed by atoms with Crippen molar-refractivity contribution in [3.63, 3.8) is 0 Å². The number of aromatic amines is 1. The van der Waals surface area contributed by atoms with Crippen LogP contribution in [0.15, 0.2) is 65.1 Å². The fourth-order valence-corrected chi connectivity index (χ4v) is 3.45. The maximum Gasteiger partial charge on any atom is 0.149 e. The number of ether oxygens (including phenoxy) is 1. The Kier molecular flexibility index (Phi) is 5.59. The second-order valence-corrected chi connectivity index (χ2v) is 7.38. The van der Waals surface area contributed by atoms with Crippen LogP contribution in [0.5, 0.6) is 5.75 Å². The number of rotatable bonds is 5. The van der Waals surface area contributed by atoms with Crippen molar-refractivity contribution in [3.8, 4) is 11.8 Å². The number of hydrogen-bond donors (Lipinski definition) is 1. The quantitative estimate of drug-likeness (QED) is 0.354. The Balaban J connectivity index is 1.56.